The summed E-state index contributed by atoms with van der Waals surface area (Å²) >= 11 is 6.13. The van der Waals surface area contributed by atoms with Gasteiger partial charge in [0.2, 0.25) is 0 Å². The van der Waals surface area contributed by atoms with Gasteiger partial charge in [0.1, 0.15) is 0 Å². The summed E-state index contributed by atoms with van der Waals surface area (Å²) in [6.07, 6.45) is 2.06. The number of esters is 1. The van der Waals surface area contributed by atoms with Crippen molar-refractivity contribution in [3.63, 3.8) is 0 Å². The minimum Gasteiger partial charge on any atom is -0.468 e. The van der Waals surface area contributed by atoms with E-state index in [1.165, 1.54) is 12.7 Å². The highest BCUT2D eigenvalue weighted by Gasteiger charge is 2.31. The van der Waals surface area contributed by atoms with Crippen molar-refractivity contribution in [2.75, 3.05) is 13.7 Å². The molecule has 1 aromatic carbocycles. The van der Waals surface area contributed by atoms with E-state index in [0.29, 0.717) is 12.0 Å². The summed E-state index contributed by atoms with van der Waals surface area (Å²) in [5.41, 5.74) is 1.21. The van der Waals surface area contributed by atoms with E-state index >= 15 is 0 Å². The van der Waals surface area contributed by atoms with Gasteiger partial charge < -0.3 is 10.1 Å². The van der Waals surface area contributed by atoms with Gasteiger partial charge in [0, 0.05) is 11.1 Å². The maximum absolute atomic E-state index is 11.0. The fourth-order valence-electron chi connectivity index (χ4n) is 2.14. The van der Waals surface area contributed by atoms with Crippen LogP contribution in [0.1, 0.15) is 24.3 Å². The Morgan fingerprint density at radius 3 is 2.82 bits per heavy atom. The SMILES string of the molecule is COC(=O)CNC1CC(c2ccccc2Cl)C1. The van der Waals surface area contributed by atoms with E-state index in [1.807, 2.05) is 18.2 Å². The molecule has 0 heterocycles. The summed E-state index contributed by atoms with van der Waals surface area (Å²) < 4.78 is 4.58. The first-order valence-corrected chi connectivity index (χ1v) is 6.13. The van der Waals surface area contributed by atoms with E-state index in [0.717, 1.165) is 17.9 Å². The van der Waals surface area contributed by atoms with Gasteiger partial charge in [-0.25, -0.2) is 0 Å². The lowest BCUT2D eigenvalue weighted by molar-refractivity contribution is -0.139. The third-order valence-corrected chi connectivity index (χ3v) is 3.59. The number of halogens is 1. The number of hydrogen-bond acceptors (Lipinski definition) is 3. The van der Waals surface area contributed by atoms with Crippen molar-refractivity contribution in [1.29, 1.82) is 0 Å². The van der Waals surface area contributed by atoms with Crippen molar-refractivity contribution >= 4 is 17.6 Å². The van der Waals surface area contributed by atoms with Crippen LogP contribution in [0.25, 0.3) is 0 Å². The van der Waals surface area contributed by atoms with Crippen molar-refractivity contribution in [2.45, 2.75) is 24.8 Å². The predicted molar refractivity (Wildman–Crippen MR) is 67.2 cm³/mol. The van der Waals surface area contributed by atoms with Gasteiger partial charge in [-0.2, -0.15) is 0 Å². The largest absolute Gasteiger partial charge is 0.468 e. The van der Waals surface area contributed by atoms with Crippen LogP contribution < -0.4 is 5.32 Å². The van der Waals surface area contributed by atoms with Gasteiger partial charge in [-0.1, -0.05) is 29.8 Å². The number of methoxy groups -OCH3 is 1. The van der Waals surface area contributed by atoms with Crippen LogP contribution in [0.3, 0.4) is 0 Å². The molecule has 1 N–H and O–H groups in total. The smallest absolute Gasteiger partial charge is 0.319 e. The van der Waals surface area contributed by atoms with Gasteiger partial charge >= 0.3 is 5.97 Å². The number of carbonyl (C=O) groups is 1. The Kier molecular flexibility index (Phi) is 4.02. The van der Waals surface area contributed by atoms with Crippen LogP contribution in [0.15, 0.2) is 24.3 Å². The molecule has 17 heavy (non-hydrogen) atoms. The van der Waals surface area contributed by atoms with E-state index in [-0.39, 0.29) is 12.5 Å². The predicted octanol–water partition coefficient (Wildman–Crippen LogP) is 2.35. The molecule has 0 unspecified atom stereocenters. The minimum absolute atomic E-state index is 0.216. The number of hydrogen-bond donors (Lipinski definition) is 1. The molecule has 1 aliphatic rings. The third-order valence-electron chi connectivity index (χ3n) is 3.25. The van der Waals surface area contributed by atoms with Crippen molar-refractivity contribution in [2.24, 2.45) is 0 Å². The molecule has 0 radical (unpaired) electrons. The summed E-state index contributed by atoms with van der Waals surface area (Å²) in [5.74, 6) is 0.296. The lowest BCUT2D eigenvalue weighted by Gasteiger charge is -2.36. The Labute approximate surface area is 106 Å². The molecule has 0 amide bonds. The Balaban J connectivity index is 1.79. The van der Waals surface area contributed by atoms with E-state index in [4.69, 9.17) is 11.6 Å². The number of ether oxygens (including phenoxy) is 1. The Morgan fingerprint density at radius 1 is 1.47 bits per heavy atom. The maximum atomic E-state index is 11.0. The second-order valence-electron chi connectivity index (χ2n) is 4.34. The van der Waals surface area contributed by atoms with Gasteiger partial charge in [-0.3, -0.25) is 4.79 Å². The summed E-state index contributed by atoms with van der Waals surface area (Å²) in [4.78, 5) is 11.0. The van der Waals surface area contributed by atoms with Crippen molar-refractivity contribution < 1.29 is 9.53 Å². The molecule has 1 fully saturated rings. The second kappa shape index (κ2) is 5.52. The quantitative estimate of drug-likeness (QED) is 0.838. The monoisotopic (exact) mass is 253 g/mol. The highest BCUT2D eigenvalue weighted by Crippen LogP contribution is 2.39. The number of benzene rings is 1. The van der Waals surface area contributed by atoms with Crippen LogP contribution in [0.2, 0.25) is 5.02 Å². The molecular formula is C13H16ClNO2. The molecule has 4 heteroatoms. The van der Waals surface area contributed by atoms with Gasteiger partial charge in [0.25, 0.3) is 0 Å². The Morgan fingerprint density at radius 2 is 2.18 bits per heavy atom. The number of rotatable bonds is 4. The van der Waals surface area contributed by atoms with Crippen molar-refractivity contribution in [3.05, 3.63) is 34.9 Å². The van der Waals surface area contributed by atoms with Crippen LogP contribution in [-0.4, -0.2) is 25.7 Å². The molecule has 0 aliphatic heterocycles. The first-order chi connectivity index (χ1) is 8.20. The summed E-state index contributed by atoms with van der Waals surface area (Å²) in [6, 6.07) is 8.35. The molecule has 0 aromatic heterocycles. The van der Waals surface area contributed by atoms with E-state index in [9.17, 15) is 4.79 Å². The summed E-state index contributed by atoms with van der Waals surface area (Å²) in [6.45, 7) is 0.288. The van der Waals surface area contributed by atoms with Gasteiger partial charge in [0.05, 0.1) is 13.7 Å². The molecule has 0 bridgehead atoms. The second-order valence-corrected chi connectivity index (χ2v) is 4.75. The van der Waals surface area contributed by atoms with E-state index in [1.54, 1.807) is 0 Å². The zero-order valence-corrected chi connectivity index (χ0v) is 10.5. The molecule has 1 aromatic rings. The highest BCUT2D eigenvalue weighted by atomic mass is 35.5. The number of carbonyl (C=O) groups excluding carboxylic acids is 1. The van der Waals surface area contributed by atoms with E-state index < -0.39 is 0 Å². The average Bonchev–Trinajstić information content (AvgIpc) is 2.28. The standard InChI is InChI=1S/C13H16ClNO2/c1-17-13(16)8-15-10-6-9(7-10)11-4-2-3-5-12(11)14/h2-5,9-10,15H,6-8H2,1H3. The fourth-order valence-corrected chi connectivity index (χ4v) is 2.43. The lowest BCUT2D eigenvalue weighted by atomic mass is 9.76. The zero-order chi connectivity index (χ0) is 12.3. The Bertz CT molecular complexity index is 402. The summed E-state index contributed by atoms with van der Waals surface area (Å²) in [5, 5.41) is 4.01. The van der Waals surface area contributed by atoms with Gasteiger partial charge in [0.15, 0.2) is 0 Å². The van der Waals surface area contributed by atoms with E-state index in [2.05, 4.69) is 16.1 Å². The lowest BCUT2D eigenvalue weighted by Crippen LogP contribution is -2.42. The molecule has 2 rings (SSSR count). The summed E-state index contributed by atoms with van der Waals surface area (Å²) in [7, 11) is 1.40. The zero-order valence-electron chi connectivity index (χ0n) is 9.78. The Hall–Kier alpha value is -1.06. The number of nitrogens with one attached hydrogen (secondary N) is 1. The first kappa shape index (κ1) is 12.4. The fraction of sp³-hybridized carbons (Fsp3) is 0.462. The van der Waals surface area contributed by atoms with Gasteiger partial charge in [-0.15, -0.1) is 0 Å². The molecular weight excluding hydrogens is 238 g/mol. The minimum atomic E-state index is -0.216. The molecule has 0 spiro atoms. The molecule has 0 atom stereocenters. The normalized spacial score (nSPS) is 22.9. The highest BCUT2D eigenvalue weighted by molar-refractivity contribution is 6.31. The molecule has 0 saturated heterocycles. The third kappa shape index (κ3) is 2.99. The molecule has 3 nitrogen and oxygen atoms in total. The maximum Gasteiger partial charge on any atom is 0.319 e. The average molecular weight is 254 g/mol. The van der Waals surface area contributed by atoms with Crippen molar-refractivity contribution in [3.8, 4) is 0 Å². The topological polar surface area (TPSA) is 38.3 Å². The van der Waals surface area contributed by atoms with Crippen LogP contribution in [0, 0.1) is 0 Å². The van der Waals surface area contributed by atoms with Crippen LogP contribution in [0.5, 0.6) is 0 Å². The molecule has 92 valence electrons. The molecule has 1 aliphatic carbocycles. The van der Waals surface area contributed by atoms with Crippen LogP contribution in [0.4, 0.5) is 0 Å². The molecule has 1 saturated carbocycles. The van der Waals surface area contributed by atoms with Crippen molar-refractivity contribution in [1.82, 2.24) is 5.32 Å². The van der Waals surface area contributed by atoms with Crippen LogP contribution in [-0.2, 0) is 9.53 Å². The van der Waals surface area contributed by atoms with Crippen LogP contribution >= 0.6 is 11.6 Å². The first-order valence-electron chi connectivity index (χ1n) is 5.75. The van der Waals surface area contributed by atoms with Gasteiger partial charge in [-0.05, 0) is 30.4 Å².